The number of pyridine rings is 1. The van der Waals surface area contributed by atoms with Crippen LogP contribution in [0.5, 0.6) is 0 Å². The van der Waals surface area contributed by atoms with Gasteiger partial charge in [0.25, 0.3) is 0 Å². The molecule has 1 aliphatic rings. The van der Waals surface area contributed by atoms with Crippen LogP contribution < -0.4 is 0 Å². The summed E-state index contributed by atoms with van der Waals surface area (Å²) >= 11 is 0. The first-order valence-corrected chi connectivity index (χ1v) is 12.6. The number of aryl methyl sites for hydroxylation is 1. The standard InChI is InChI=1S/C21H34N2O3Si/c1-8-11-25-20(24)23-15-19(26-27(6,7)21(3,4)5)14-18(23)13-17-9-10-22-16(2)12-17/h8-10,12,18-19H,1,11,13-15H2,2-7H3. The zero-order valence-electron chi connectivity index (χ0n) is 17.6. The second kappa shape index (κ2) is 8.57. The Labute approximate surface area is 164 Å². The maximum atomic E-state index is 12.6. The number of ether oxygens (including phenoxy) is 1. The molecular formula is C21H34N2O3Si. The van der Waals surface area contributed by atoms with Crippen LogP contribution in [0.25, 0.3) is 0 Å². The first kappa shape index (κ1) is 21.6. The molecule has 0 N–H and O–H groups in total. The average molecular weight is 391 g/mol. The zero-order chi connectivity index (χ0) is 20.2. The van der Waals surface area contributed by atoms with Crippen molar-refractivity contribution in [3.05, 3.63) is 42.2 Å². The van der Waals surface area contributed by atoms with Crippen LogP contribution in [0.3, 0.4) is 0 Å². The number of aromatic nitrogens is 1. The monoisotopic (exact) mass is 390 g/mol. The lowest BCUT2D eigenvalue weighted by Crippen LogP contribution is -2.44. The summed E-state index contributed by atoms with van der Waals surface area (Å²) in [7, 11) is -1.90. The van der Waals surface area contributed by atoms with Gasteiger partial charge in [-0.25, -0.2) is 4.79 Å². The number of carbonyl (C=O) groups excluding carboxylic acids is 1. The maximum Gasteiger partial charge on any atom is 0.410 e. The van der Waals surface area contributed by atoms with E-state index in [0.717, 1.165) is 18.5 Å². The zero-order valence-corrected chi connectivity index (χ0v) is 18.6. The second-order valence-electron chi connectivity index (χ2n) is 8.92. The Balaban J connectivity index is 2.15. The maximum absolute atomic E-state index is 12.6. The van der Waals surface area contributed by atoms with Gasteiger partial charge in [0.2, 0.25) is 0 Å². The van der Waals surface area contributed by atoms with E-state index in [-0.39, 0.29) is 29.9 Å². The number of amides is 1. The lowest BCUT2D eigenvalue weighted by molar-refractivity contribution is 0.103. The molecule has 0 saturated carbocycles. The number of hydrogen-bond acceptors (Lipinski definition) is 4. The van der Waals surface area contributed by atoms with E-state index in [2.05, 4.69) is 51.5 Å². The summed E-state index contributed by atoms with van der Waals surface area (Å²) in [6.07, 6.45) is 4.80. The van der Waals surface area contributed by atoms with E-state index >= 15 is 0 Å². The molecule has 1 saturated heterocycles. The fourth-order valence-electron chi connectivity index (χ4n) is 3.19. The molecule has 0 aliphatic carbocycles. The molecular weight excluding hydrogens is 356 g/mol. The Hall–Kier alpha value is -1.66. The van der Waals surface area contributed by atoms with Gasteiger partial charge in [-0.15, -0.1) is 0 Å². The molecule has 1 amide bonds. The van der Waals surface area contributed by atoms with Gasteiger partial charge in [0.05, 0.1) is 6.10 Å². The van der Waals surface area contributed by atoms with Gasteiger partial charge in [-0.3, -0.25) is 4.98 Å². The number of nitrogens with zero attached hydrogens (tertiary/aromatic N) is 2. The van der Waals surface area contributed by atoms with Crippen LogP contribution in [-0.4, -0.2) is 49.6 Å². The quantitative estimate of drug-likeness (QED) is 0.521. The summed E-state index contributed by atoms with van der Waals surface area (Å²) in [5.74, 6) is 0. The van der Waals surface area contributed by atoms with Gasteiger partial charge in [0.1, 0.15) is 6.61 Å². The normalized spacial score (nSPS) is 20.6. The van der Waals surface area contributed by atoms with Crippen molar-refractivity contribution in [3.63, 3.8) is 0 Å². The Bertz CT molecular complexity index is 670. The molecule has 6 heteroatoms. The van der Waals surface area contributed by atoms with Crippen molar-refractivity contribution >= 4 is 14.4 Å². The molecule has 2 atom stereocenters. The molecule has 2 unspecified atom stereocenters. The van der Waals surface area contributed by atoms with Crippen molar-refractivity contribution in [3.8, 4) is 0 Å². The van der Waals surface area contributed by atoms with Crippen LogP contribution in [0, 0.1) is 6.92 Å². The van der Waals surface area contributed by atoms with Crippen molar-refractivity contribution in [1.82, 2.24) is 9.88 Å². The van der Waals surface area contributed by atoms with Gasteiger partial charge < -0.3 is 14.1 Å². The molecule has 1 aromatic heterocycles. The Morgan fingerprint density at radius 3 is 2.74 bits per heavy atom. The van der Waals surface area contributed by atoms with Gasteiger partial charge in [0, 0.05) is 24.5 Å². The second-order valence-corrected chi connectivity index (χ2v) is 13.7. The SMILES string of the molecule is C=CCOC(=O)N1CC(O[Si](C)(C)C(C)(C)C)CC1Cc1ccnc(C)c1. The van der Waals surface area contributed by atoms with Crippen LogP contribution >= 0.6 is 0 Å². The Kier molecular flexibility index (Phi) is 6.86. The highest BCUT2D eigenvalue weighted by atomic mass is 28.4. The largest absolute Gasteiger partial charge is 0.445 e. The third-order valence-corrected chi connectivity index (χ3v) is 10.2. The summed E-state index contributed by atoms with van der Waals surface area (Å²) in [4.78, 5) is 18.7. The van der Waals surface area contributed by atoms with Crippen molar-refractivity contribution in [1.29, 1.82) is 0 Å². The minimum atomic E-state index is -1.90. The first-order chi connectivity index (χ1) is 12.5. The van der Waals surface area contributed by atoms with Gasteiger partial charge in [-0.05, 0) is 55.6 Å². The first-order valence-electron chi connectivity index (χ1n) is 9.67. The van der Waals surface area contributed by atoms with E-state index in [1.54, 1.807) is 6.08 Å². The van der Waals surface area contributed by atoms with Crippen molar-refractivity contribution in [2.45, 2.75) is 70.8 Å². The minimum absolute atomic E-state index is 0.0510. The van der Waals surface area contributed by atoms with E-state index in [4.69, 9.17) is 9.16 Å². The smallest absolute Gasteiger partial charge is 0.410 e. The highest BCUT2D eigenvalue weighted by molar-refractivity contribution is 6.74. The molecule has 27 heavy (non-hydrogen) atoms. The number of carbonyl (C=O) groups is 1. The molecule has 0 aromatic carbocycles. The summed E-state index contributed by atoms with van der Waals surface area (Å²) in [6, 6.07) is 4.16. The topological polar surface area (TPSA) is 51.7 Å². The Morgan fingerprint density at radius 2 is 2.15 bits per heavy atom. The number of hydrogen-bond donors (Lipinski definition) is 0. The van der Waals surface area contributed by atoms with Crippen molar-refractivity contribution in [2.75, 3.05) is 13.2 Å². The molecule has 1 aliphatic heterocycles. The molecule has 0 spiro atoms. The highest BCUT2D eigenvalue weighted by Gasteiger charge is 2.43. The number of likely N-dealkylation sites (tertiary alicyclic amines) is 1. The van der Waals surface area contributed by atoms with E-state index in [1.807, 2.05) is 24.1 Å². The van der Waals surface area contributed by atoms with Crippen LogP contribution in [-0.2, 0) is 15.6 Å². The van der Waals surface area contributed by atoms with Crippen LogP contribution in [0.2, 0.25) is 18.1 Å². The molecule has 150 valence electrons. The molecule has 0 radical (unpaired) electrons. The third-order valence-electron chi connectivity index (χ3n) is 5.64. The van der Waals surface area contributed by atoms with Crippen LogP contribution in [0.4, 0.5) is 4.79 Å². The summed E-state index contributed by atoms with van der Waals surface area (Å²) in [5.41, 5.74) is 2.17. The van der Waals surface area contributed by atoms with Crippen molar-refractivity contribution < 1.29 is 14.0 Å². The summed E-state index contributed by atoms with van der Waals surface area (Å²) < 4.78 is 11.9. The summed E-state index contributed by atoms with van der Waals surface area (Å²) in [5, 5.41) is 0.140. The fourth-order valence-corrected chi connectivity index (χ4v) is 4.54. The van der Waals surface area contributed by atoms with Gasteiger partial charge in [0.15, 0.2) is 8.32 Å². The van der Waals surface area contributed by atoms with E-state index in [9.17, 15) is 4.79 Å². The van der Waals surface area contributed by atoms with Gasteiger partial charge in [-0.2, -0.15) is 0 Å². The fraction of sp³-hybridized carbons (Fsp3) is 0.619. The van der Waals surface area contributed by atoms with Gasteiger partial charge in [-0.1, -0.05) is 33.4 Å². The Morgan fingerprint density at radius 1 is 1.44 bits per heavy atom. The van der Waals surface area contributed by atoms with E-state index < -0.39 is 8.32 Å². The van der Waals surface area contributed by atoms with Crippen LogP contribution in [0.1, 0.15) is 38.4 Å². The lowest BCUT2D eigenvalue weighted by atomic mass is 10.0. The molecule has 1 fully saturated rings. The predicted octanol–water partition coefficient (Wildman–Crippen LogP) is 4.72. The van der Waals surface area contributed by atoms with E-state index in [1.165, 1.54) is 5.56 Å². The molecule has 0 bridgehead atoms. The van der Waals surface area contributed by atoms with Gasteiger partial charge >= 0.3 is 6.09 Å². The predicted molar refractivity (Wildman–Crippen MR) is 111 cm³/mol. The van der Waals surface area contributed by atoms with Crippen molar-refractivity contribution in [2.24, 2.45) is 0 Å². The number of rotatable bonds is 6. The molecule has 1 aromatic rings. The minimum Gasteiger partial charge on any atom is -0.445 e. The highest BCUT2D eigenvalue weighted by Crippen LogP contribution is 2.39. The van der Waals surface area contributed by atoms with E-state index in [0.29, 0.717) is 6.54 Å². The molecule has 2 rings (SSSR count). The average Bonchev–Trinajstić information content (AvgIpc) is 2.93. The molecule has 2 heterocycles. The third kappa shape index (κ3) is 5.66. The van der Waals surface area contributed by atoms with Crippen LogP contribution in [0.15, 0.2) is 31.0 Å². The lowest BCUT2D eigenvalue weighted by Gasteiger charge is -2.38. The summed E-state index contributed by atoms with van der Waals surface area (Å²) in [6.45, 7) is 17.6. The molecule has 5 nitrogen and oxygen atoms in total.